The highest BCUT2D eigenvalue weighted by atomic mass is 16.5. The number of rotatable bonds is 7. The number of aromatic hydroxyl groups is 1. The van der Waals surface area contributed by atoms with E-state index in [0.717, 1.165) is 36.3 Å². The third-order valence-corrected chi connectivity index (χ3v) is 3.93. The molecule has 0 saturated heterocycles. The molecule has 2 aromatic carbocycles. The van der Waals surface area contributed by atoms with Gasteiger partial charge < -0.3 is 14.6 Å². The molecule has 0 aromatic heterocycles. The van der Waals surface area contributed by atoms with Crippen molar-refractivity contribution in [3.05, 3.63) is 53.6 Å². The van der Waals surface area contributed by atoms with Crippen LogP contribution in [0.3, 0.4) is 0 Å². The topological polar surface area (TPSA) is 38.7 Å². The van der Waals surface area contributed by atoms with Crippen molar-refractivity contribution in [3.8, 4) is 17.2 Å². The van der Waals surface area contributed by atoms with E-state index in [2.05, 4.69) is 13.0 Å². The predicted molar refractivity (Wildman–Crippen MR) is 88.8 cm³/mol. The van der Waals surface area contributed by atoms with Crippen molar-refractivity contribution in [1.82, 2.24) is 0 Å². The van der Waals surface area contributed by atoms with Gasteiger partial charge in [-0.15, -0.1) is 0 Å². The minimum Gasteiger partial charge on any atom is -0.508 e. The molecule has 0 spiro atoms. The number of aryl methyl sites for hydroxylation is 1. The largest absolute Gasteiger partial charge is 0.508 e. The Morgan fingerprint density at radius 2 is 1.73 bits per heavy atom. The zero-order valence-electron chi connectivity index (χ0n) is 13.5. The van der Waals surface area contributed by atoms with Crippen molar-refractivity contribution in [2.75, 3.05) is 14.2 Å². The molecule has 1 N–H and O–H groups in total. The lowest BCUT2D eigenvalue weighted by Crippen LogP contribution is -2.02. The zero-order valence-corrected chi connectivity index (χ0v) is 13.5. The number of methoxy groups -OCH3 is 2. The van der Waals surface area contributed by atoms with E-state index < -0.39 is 0 Å². The molecule has 2 aromatic rings. The molecule has 0 aliphatic rings. The van der Waals surface area contributed by atoms with Gasteiger partial charge in [-0.25, -0.2) is 0 Å². The highest BCUT2D eigenvalue weighted by Gasteiger charge is 2.09. The second kappa shape index (κ2) is 7.74. The van der Waals surface area contributed by atoms with Crippen molar-refractivity contribution in [2.45, 2.75) is 26.2 Å². The quantitative estimate of drug-likeness (QED) is 0.832. The van der Waals surface area contributed by atoms with Crippen LogP contribution in [0.4, 0.5) is 0 Å². The van der Waals surface area contributed by atoms with Crippen LogP contribution < -0.4 is 9.47 Å². The average Bonchev–Trinajstić information content (AvgIpc) is 2.54. The number of hydrogen-bond acceptors (Lipinski definition) is 3. The monoisotopic (exact) mass is 300 g/mol. The van der Waals surface area contributed by atoms with Crippen molar-refractivity contribution in [2.24, 2.45) is 5.92 Å². The molecule has 0 saturated carbocycles. The fraction of sp³-hybridized carbons (Fsp3) is 0.368. The number of phenolic OH excluding ortho intramolecular Hbond substituents is 1. The molecule has 22 heavy (non-hydrogen) atoms. The van der Waals surface area contributed by atoms with Crippen LogP contribution in [0.25, 0.3) is 0 Å². The summed E-state index contributed by atoms with van der Waals surface area (Å²) in [6.07, 6.45) is 2.93. The van der Waals surface area contributed by atoms with E-state index in [1.165, 1.54) is 5.56 Å². The second-order valence-electron chi connectivity index (χ2n) is 5.67. The van der Waals surface area contributed by atoms with Crippen molar-refractivity contribution in [3.63, 3.8) is 0 Å². The third-order valence-electron chi connectivity index (χ3n) is 3.93. The van der Waals surface area contributed by atoms with E-state index in [1.807, 2.05) is 30.3 Å². The Balaban J connectivity index is 1.93. The lowest BCUT2D eigenvalue weighted by Gasteiger charge is -2.14. The van der Waals surface area contributed by atoms with Gasteiger partial charge in [-0.05, 0) is 54.5 Å². The highest BCUT2D eigenvalue weighted by Crippen LogP contribution is 2.29. The lowest BCUT2D eigenvalue weighted by molar-refractivity contribution is 0.354. The molecule has 0 amide bonds. The highest BCUT2D eigenvalue weighted by molar-refractivity contribution is 5.43. The summed E-state index contributed by atoms with van der Waals surface area (Å²) in [4.78, 5) is 0. The summed E-state index contributed by atoms with van der Waals surface area (Å²) < 4.78 is 10.6. The van der Waals surface area contributed by atoms with Gasteiger partial charge in [0.25, 0.3) is 0 Å². The molecule has 0 heterocycles. The van der Waals surface area contributed by atoms with Crippen molar-refractivity contribution < 1.29 is 14.6 Å². The summed E-state index contributed by atoms with van der Waals surface area (Å²) in [7, 11) is 3.30. The normalized spacial score (nSPS) is 12.0. The Labute approximate surface area is 132 Å². The summed E-state index contributed by atoms with van der Waals surface area (Å²) in [5.74, 6) is 2.42. The molecule has 0 aliphatic heterocycles. The Morgan fingerprint density at radius 3 is 2.41 bits per heavy atom. The van der Waals surface area contributed by atoms with Crippen LogP contribution in [-0.2, 0) is 12.8 Å². The molecule has 0 bridgehead atoms. The minimum atomic E-state index is 0.389. The van der Waals surface area contributed by atoms with Gasteiger partial charge in [0, 0.05) is 0 Å². The van der Waals surface area contributed by atoms with E-state index >= 15 is 0 Å². The van der Waals surface area contributed by atoms with Gasteiger partial charge in [0.1, 0.15) is 5.75 Å². The Kier molecular flexibility index (Phi) is 5.70. The van der Waals surface area contributed by atoms with Crippen LogP contribution >= 0.6 is 0 Å². The van der Waals surface area contributed by atoms with Gasteiger partial charge in [-0.3, -0.25) is 0 Å². The Bertz CT molecular complexity index is 607. The minimum absolute atomic E-state index is 0.389. The molecule has 118 valence electrons. The molecular weight excluding hydrogens is 276 g/mol. The summed E-state index contributed by atoms with van der Waals surface area (Å²) >= 11 is 0. The molecule has 3 heteroatoms. The van der Waals surface area contributed by atoms with Gasteiger partial charge in [-0.2, -0.15) is 0 Å². The molecule has 0 unspecified atom stereocenters. The first kappa shape index (κ1) is 16.2. The van der Waals surface area contributed by atoms with Crippen LogP contribution in [0.15, 0.2) is 42.5 Å². The third kappa shape index (κ3) is 4.17. The van der Waals surface area contributed by atoms with Crippen LogP contribution in [-0.4, -0.2) is 19.3 Å². The number of benzene rings is 2. The second-order valence-corrected chi connectivity index (χ2v) is 5.67. The van der Waals surface area contributed by atoms with Crippen LogP contribution in [0.5, 0.6) is 17.2 Å². The maximum Gasteiger partial charge on any atom is 0.160 e. The molecule has 0 aliphatic carbocycles. The fourth-order valence-electron chi connectivity index (χ4n) is 2.61. The van der Waals surface area contributed by atoms with Gasteiger partial charge in [0.15, 0.2) is 11.5 Å². The van der Waals surface area contributed by atoms with Crippen LogP contribution in [0.1, 0.15) is 24.5 Å². The van der Waals surface area contributed by atoms with Crippen LogP contribution in [0.2, 0.25) is 0 Å². The van der Waals surface area contributed by atoms with E-state index in [0.29, 0.717) is 11.7 Å². The average molecular weight is 300 g/mol. The summed E-state index contributed by atoms with van der Waals surface area (Å²) in [5, 5.41) is 9.84. The SMILES string of the molecule is COc1ccc(CC[C@H](C)Cc2ccccc2O)cc1OC. The maximum absolute atomic E-state index is 9.84. The van der Waals surface area contributed by atoms with Gasteiger partial charge >= 0.3 is 0 Å². The van der Waals surface area contributed by atoms with Gasteiger partial charge in [-0.1, -0.05) is 31.2 Å². The van der Waals surface area contributed by atoms with Gasteiger partial charge in [0.05, 0.1) is 14.2 Å². The van der Waals surface area contributed by atoms with E-state index in [-0.39, 0.29) is 0 Å². The molecular formula is C19H24O3. The number of para-hydroxylation sites is 1. The zero-order chi connectivity index (χ0) is 15.9. The standard InChI is InChI=1S/C19H24O3/c1-14(12-16-6-4-5-7-17(16)20)8-9-15-10-11-18(21-2)19(13-15)22-3/h4-7,10-11,13-14,20H,8-9,12H2,1-3H3/t14-/m0/s1. The number of ether oxygens (including phenoxy) is 2. The smallest absolute Gasteiger partial charge is 0.160 e. The molecule has 0 radical (unpaired) electrons. The van der Waals surface area contributed by atoms with Crippen molar-refractivity contribution in [1.29, 1.82) is 0 Å². The fourth-order valence-corrected chi connectivity index (χ4v) is 2.61. The molecule has 3 nitrogen and oxygen atoms in total. The molecule has 1 atom stereocenters. The number of hydrogen-bond donors (Lipinski definition) is 1. The number of phenols is 1. The summed E-state index contributed by atoms with van der Waals surface area (Å²) in [6.45, 7) is 2.22. The first-order chi connectivity index (χ1) is 10.6. The van der Waals surface area contributed by atoms with E-state index in [9.17, 15) is 5.11 Å². The predicted octanol–water partition coefficient (Wildman–Crippen LogP) is 4.22. The molecule has 2 rings (SSSR count). The van der Waals surface area contributed by atoms with E-state index in [4.69, 9.17) is 9.47 Å². The first-order valence-corrected chi connectivity index (χ1v) is 7.61. The van der Waals surface area contributed by atoms with Crippen molar-refractivity contribution >= 4 is 0 Å². The van der Waals surface area contributed by atoms with Crippen LogP contribution in [0, 0.1) is 5.92 Å². The Hall–Kier alpha value is -2.16. The lowest BCUT2D eigenvalue weighted by atomic mass is 9.94. The molecule has 0 fully saturated rings. The Morgan fingerprint density at radius 1 is 1.00 bits per heavy atom. The summed E-state index contributed by atoms with van der Waals surface area (Å²) in [5.41, 5.74) is 2.25. The van der Waals surface area contributed by atoms with Gasteiger partial charge in [0.2, 0.25) is 0 Å². The summed E-state index contributed by atoms with van der Waals surface area (Å²) in [6, 6.07) is 13.6. The maximum atomic E-state index is 9.84. The first-order valence-electron chi connectivity index (χ1n) is 7.61. The van der Waals surface area contributed by atoms with E-state index in [1.54, 1.807) is 20.3 Å².